The topological polar surface area (TPSA) is 56.7 Å². The predicted octanol–water partition coefficient (Wildman–Crippen LogP) is 2.57. The lowest BCUT2D eigenvalue weighted by atomic mass is 10.1. The minimum Gasteiger partial charge on any atom is -0.478 e. The van der Waals surface area contributed by atoms with Crippen LogP contribution in [0.25, 0.3) is 11.3 Å². The Balaban J connectivity index is 1.84. The Labute approximate surface area is 133 Å². The average Bonchev–Trinajstić information content (AvgIpc) is 2.90. The summed E-state index contributed by atoms with van der Waals surface area (Å²) in [5.41, 5.74) is 2.23. The second-order valence-electron chi connectivity index (χ2n) is 5.57. The molecule has 0 atom stereocenters. The number of carboxylic acid groups (broad SMARTS) is 1. The average molecular weight is 317 g/mol. The number of aryl methyl sites for hydroxylation is 1. The van der Waals surface area contributed by atoms with E-state index in [0.717, 1.165) is 47.4 Å². The van der Waals surface area contributed by atoms with Gasteiger partial charge < -0.3 is 14.9 Å². The van der Waals surface area contributed by atoms with Gasteiger partial charge in [-0.05, 0) is 26.1 Å². The third kappa shape index (κ3) is 2.98. The highest BCUT2D eigenvalue weighted by Gasteiger charge is 2.19. The zero-order valence-electron chi connectivity index (χ0n) is 12.7. The van der Waals surface area contributed by atoms with Crippen LogP contribution in [0.15, 0.2) is 24.3 Å². The number of aromatic nitrogens is 1. The number of likely N-dealkylation sites (N-methyl/N-ethyl adjacent to an activating group) is 1. The summed E-state index contributed by atoms with van der Waals surface area (Å²) in [6.45, 7) is 6.18. The summed E-state index contributed by atoms with van der Waals surface area (Å²) in [5.74, 6) is -0.903. The lowest BCUT2D eigenvalue weighted by Gasteiger charge is -2.32. The smallest absolute Gasteiger partial charge is 0.335 e. The first-order valence-electron chi connectivity index (χ1n) is 7.29. The number of thiazole rings is 1. The molecule has 1 fully saturated rings. The van der Waals surface area contributed by atoms with Crippen LogP contribution in [0.1, 0.15) is 15.2 Å². The van der Waals surface area contributed by atoms with Gasteiger partial charge in [-0.15, -0.1) is 11.3 Å². The second kappa shape index (κ2) is 6.06. The van der Waals surface area contributed by atoms with E-state index in [0.29, 0.717) is 5.56 Å². The predicted molar refractivity (Wildman–Crippen MR) is 89.0 cm³/mol. The first kappa shape index (κ1) is 15.0. The van der Waals surface area contributed by atoms with Crippen molar-refractivity contribution in [1.82, 2.24) is 9.88 Å². The van der Waals surface area contributed by atoms with Crippen molar-refractivity contribution >= 4 is 22.4 Å². The highest BCUT2D eigenvalue weighted by Crippen LogP contribution is 2.32. The van der Waals surface area contributed by atoms with E-state index in [1.165, 1.54) is 0 Å². The highest BCUT2D eigenvalue weighted by atomic mass is 32.1. The van der Waals surface area contributed by atoms with E-state index in [9.17, 15) is 4.79 Å². The van der Waals surface area contributed by atoms with Crippen LogP contribution >= 0.6 is 11.3 Å². The molecule has 6 heteroatoms. The van der Waals surface area contributed by atoms with Crippen molar-refractivity contribution in [3.63, 3.8) is 0 Å². The number of hydrogen-bond donors (Lipinski definition) is 1. The van der Waals surface area contributed by atoms with Gasteiger partial charge in [0, 0.05) is 36.6 Å². The molecule has 1 aromatic heterocycles. The lowest BCUT2D eigenvalue weighted by Crippen LogP contribution is -2.44. The van der Waals surface area contributed by atoms with Gasteiger partial charge in [-0.3, -0.25) is 0 Å². The molecule has 1 aliphatic rings. The summed E-state index contributed by atoms with van der Waals surface area (Å²) in [6.07, 6.45) is 0. The van der Waals surface area contributed by atoms with Crippen molar-refractivity contribution in [2.75, 3.05) is 38.1 Å². The van der Waals surface area contributed by atoms with Crippen molar-refractivity contribution < 1.29 is 9.90 Å². The van der Waals surface area contributed by atoms with E-state index in [1.807, 2.05) is 12.1 Å². The van der Waals surface area contributed by atoms with Gasteiger partial charge in [0.05, 0.1) is 11.3 Å². The first-order chi connectivity index (χ1) is 10.5. The molecular weight excluding hydrogens is 298 g/mol. The van der Waals surface area contributed by atoms with Crippen LogP contribution < -0.4 is 4.90 Å². The Morgan fingerprint density at radius 3 is 2.41 bits per heavy atom. The summed E-state index contributed by atoms with van der Waals surface area (Å²) in [7, 11) is 2.14. The van der Waals surface area contributed by atoms with Gasteiger partial charge in [-0.2, -0.15) is 0 Å². The molecule has 3 rings (SSSR count). The summed E-state index contributed by atoms with van der Waals surface area (Å²) in [6, 6.07) is 6.93. The molecule has 1 aromatic carbocycles. The molecule has 1 N–H and O–H groups in total. The van der Waals surface area contributed by atoms with Crippen LogP contribution in [0.5, 0.6) is 0 Å². The van der Waals surface area contributed by atoms with Crippen molar-refractivity contribution in [3.05, 3.63) is 34.7 Å². The van der Waals surface area contributed by atoms with Crippen LogP contribution in [0.2, 0.25) is 0 Å². The zero-order valence-corrected chi connectivity index (χ0v) is 13.6. The standard InChI is InChI=1S/C16H19N3O2S/c1-11-14(12-3-5-13(6-4-12)15(20)21)17-16(22-11)19-9-7-18(2)8-10-19/h3-6H,7-10H2,1-2H3,(H,20,21). The largest absolute Gasteiger partial charge is 0.478 e. The van der Waals surface area contributed by atoms with Crippen molar-refractivity contribution in [3.8, 4) is 11.3 Å². The molecule has 1 aliphatic heterocycles. The number of benzene rings is 1. The third-order valence-electron chi connectivity index (χ3n) is 3.96. The summed E-state index contributed by atoms with van der Waals surface area (Å²) in [4.78, 5) is 21.5. The monoisotopic (exact) mass is 317 g/mol. The lowest BCUT2D eigenvalue weighted by molar-refractivity contribution is 0.0697. The van der Waals surface area contributed by atoms with Gasteiger partial charge in [-0.1, -0.05) is 12.1 Å². The molecule has 0 spiro atoms. The van der Waals surface area contributed by atoms with Gasteiger partial charge in [-0.25, -0.2) is 9.78 Å². The maximum atomic E-state index is 10.9. The number of piperazine rings is 1. The minimum atomic E-state index is -0.903. The molecule has 0 saturated carbocycles. The van der Waals surface area contributed by atoms with Gasteiger partial charge in [0.1, 0.15) is 0 Å². The minimum absolute atomic E-state index is 0.302. The normalized spacial score (nSPS) is 16.0. The van der Waals surface area contributed by atoms with Crippen LogP contribution in [0.4, 0.5) is 5.13 Å². The Hall–Kier alpha value is -1.92. The fourth-order valence-corrected chi connectivity index (χ4v) is 3.54. The van der Waals surface area contributed by atoms with Gasteiger partial charge >= 0.3 is 5.97 Å². The summed E-state index contributed by atoms with van der Waals surface area (Å²) < 4.78 is 0. The molecule has 0 radical (unpaired) electrons. The molecule has 1 saturated heterocycles. The molecule has 116 valence electrons. The van der Waals surface area contributed by atoms with Gasteiger partial charge in [0.2, 0.25) is 0 Å². The van der Waals surface area contributed by atoms with Crippen molar-refractivity contribution in [1.29, 1.82) is 0 Å². The number of aromatic carboxylic acids is 1. The molecule has 2 heterocycles. The summed E-state index contributed by atoms with van der Waals surface area (Å²) >= 11 is 1.71. The van der Waals surface area contributed by atoms with E-state index >= 15 is 0 Å². The quantitative estimate of drug-likeness (QED) is 0.943. The molecular formula is C16H19N3O2S. The number of carboxylic acids is 1. The SMILES string of the molecule is Cc1sc(N2CCN(C)CC2)nc1-c1ccc(C(=O)O)cc1. The Bertz CT molecular complexity index is 673. The van der Waals surface area contributed by atoms with E-state index in [-0.39, 0.29) is 0 Å². The molecule has 0 amide bonds. The maximum absolute atomic E-state index is 10.9. The molecule has 22 heavy (non-hydrogen) atoms. The van der Waals surface area contributed by atoms with E-state index in [4.69, 9.17) is 10.1 Å². The molecule has 5 nitrogen and oxygen atoms in total. The number of anilines is 1. The van der Waals surface area contributed by atoms with E-state index in [1.54, 1.807) is 23.5 Å². The second-order valence-corrected chi connectivity index (χ2v) is 6.76. The van der Waals surface area contributed by atoms with Crippen LogP contribution in [-0.4, -0.2) is 54.2 Å². The highest BCUT2D eigenvalue weighted by molar-refractivity contribution is 7.16. The van der Waals surface area contributed by atoms with Crippen LogP contribution in [-0.2, 0) is 0 Å². The number of nitrogens with zero attached hydrogens (tertiary/aromatic N) is 3. The number of carbonyl (C=O) groups is 1. The van der Waals surface area contributed by atoms with E-state index in [2.05, 4.69) is 23.8 Å². The molecule has 0 bridgehead atoms. The molecule has 0 unspecified atom stereocenters. The van der Waals surface area contributed by atoms with Crippen molar-refractivity contribution in [2.45, 2.75) is 6.92 Å². The van der Waals surface area contributed by atoms with E-state index < -0.39 is 5.97 Å². The molecule has 2 aromatic rings. The first-order valence-corrected chi connectivity index (χ1v) is 8.11. The van der Waals surface area contributed by atoms with Gasteiger partial charge in [0.25, 0.3) is 0 Å². The Kier molecular flexibility index (Phi) is 4.13. The van der Waals surface area contributed by atoms with Crippen LogP contribution in [0.3, 0.4) is 0 Å². The van der Waals surface area contributed by atoms with Crippen LogP contribution in [0, 0.1) is 6.92 Å². The number of hydrogen-bond acceptors (Lipinski definition) is 5. The fraction of sp³-hybridized carbons (Fsp3) is 0.375. The number of rotatable bonds is 3. The maximum Gasteiger partial charge on any atom is 0.335 e. The fourth-order valence-electron chi connectivity index (χ4n) is 2.55. The molecule has 0 aliphatic carbocycles. The Morgan fingerprint density at radius 2 is 1.82 bits per heavy atom. The Morgan fingerprint density at radius 1 is 1.18 bits per heavy atom. The summed E-state index contributed by atoms with van der Waals surface area (Å²) in [5, 5.41) is 10.0. The van der Waals surface area contributed by atoms with Crippen molar-refractivity contribution in [2.24, 2.45) is 0 Å². The third-order valence-corrected chi connectivity index (χ3v) is 5.00. The zero-order chi connectivity index (χ0) is 15.7. The van der Waals surface area contributed by atoms with Gasteiger partial charge in [0.15, 0.2) is 5.13 Å².